The van der Waals surface area contributed by atoms with Crippen LogP contribution in [-0.2, 0) is 4.79 Å². The van der Waals surface area contributed by atoms with Crippen molar-refractivity contribution in [1.82, 2.24) is 0 Å². The van der Waals surface area contributed by atoms with Crippen LogP contribution < -0.4 is 0 Å². The lowest BCUT2D eigenvalue weighted by Gasteiger charge is -2.02. The number of rotatable bonds is 1. The molecule has 0 fully saturated rings. The van der Waals surface area contributed by atoms with Crippen LogP contribution >= 0.6 is 0 Å². The molecule has 2 N–H and O–H groups in total. The Morgan fingerprint density at radius 2 is 2.00 bits per heavy atom. The largest absolute Gasteiger partial charge is 0.508 e. The Labute approximate surface area is 91.8 Å². The van der Waals surface area contributed by atoms with Crippen molar-refractivity contribution in [1.29, 1.82) is 0 Å². The highest BCUT2D eigenvalue weighted by atomic mass is 16.4. The molecule has 1 aromatic carbocycles. The molecule has 0 amide bonds. The molecule has 2 rings (SSSR count). The molecule has 82 valence electrons. The number of hydrogen-bond acceptors (Lipinski definition) is 3. The van der Waals surface area contributed by atoms with E-state index >= 15 is 0 Å². The standard InChI is InChI=1S/C12H10O4/c13-9-2-3-10-8(6-9)5-7(12(15)16)1-4-11(10)14/h2-3,5-6,13H,1,4H2,(H,15,16). The topological polar surface area (TPSA) is 74.6 Å². The number of fused-ring (bicyclic) bond motifs is 1. The first-order valence-electron chi connectivity index (χ1n) is 4.88. The molecule has 0 saturated heterocycles. The van der Waals surface area contributed by atoms with Crippen LogP contribution in [0.15, 0.2) is 23.8 Å². The number of carboxylic acid groups (broad SMARTS) is 1. The van der Waals surface area contributed by atoms with E-state index in [2.05, 4.69) is 0 Å². The van der Waals surface area contributed by atoms with E-state index in [4.69, 9.17) is 5.11 Å². The maximum Gasteiger partial charge on any atom is 0.331 e. The quantitative estimate of drug-likeness (QED) is 0.754. The van der Waals surface area contributed by atoms with Gasteiger partial charge in [-0.15, -0.1) is 0 Å². The molecule has 1 aliphatic carbocycles. The van der Waals surface area contributed by atoms with Gasteiger partial charge < -0.3 is 10.2 Å². The molecular formula is C12H10O4. The number of carbonyl (C=O) groups is 2. The molecule has 0 aliphatic heterocycles. The average Bonchev–Trinajstić information content (AvgIpc) is 2.38. The summed E-state index contributed by atoms with van der Waals surface area (Å²) < 4.78 is 0. The average molecular weight is 218 g/mol. The number of benzene rings is 1. The molecule has 4 heteroatoms. The summed E-state index contributed by atoms with van der Waals surface area (Å²) in [5.41, 5.74) is 1.13. The zero-order chi connectivity index (χ0) is 11.7. The Bertz CT molecular complexity index is 500. The van der Waals surface area contributed by atoms with Gasteiger partial charge in [0.25, 0.3) is 0 Å². The van der Waals surface area contributed by atoms with Gasteiger partial charge in [-0.05, 0) is 36.3 Å². The second kappa shape index (κ2) is 3.81. The van der Waals surface area contributed by atoms with Gasteiger partial charge in [0.15, 0.2) is 5.78 Å². The highest BCUT2D eigenvalue weighted by Gasteiger charge is 2.19. The first-order chi connectivity index (χ1) is 7.58. The summed E-state index contributed by atoms with van der Waals surface area (Å²) in [5.74, 6) is -1.10. The molecule has 0 saturated carbocycles. The van der Waals surface area contributed by atoms with Crippen molar-refractivity contribution >= 4 is 17.8 Å². The number of ketones is 1. The molecule has 4 nitrogen and oxygen atoms in total. The highest BCUT2D eigenvalue weighted by Crippen LogP contribution is 2.26. The number of phenolic OH excluding ortho intramolecular Hbond substituents is 1. The molecule has 1 aliphatic rings. The Balaban J connectivity index is 2.57. The van der Waals surface area contributed by atoms with Crippen LogP contribution in [0.2, 0.25) is 0 Å². The number of hydrogen-bond donors (Lipinski definition) is 2. The first-order valence-corrected chi connectivity index (χ1v) is 4.88. The number of carboxylic acids is 1. The molecule has 1 aromatic rings. The van der Waals surface area contributed by atoms with E-state index in [1.807, 2.05) is 0 Å². The van der Waals surface area contributed by atoms with Gasteiger partial charge in [0.1, 0.15) is 5.75 Å². The molecule has 0 bridgehead atoms. The summed E-state index contributed by atoms with van der Waals surface area (Å²) in [6, 6.07) is 4.35. The van der Waals surface area contributed by atoms with Crippen molar-refractivity contribution in [2.75, 3.05) is 0 Å². The maximum absolute atomic E-state index is 11.7. The Hall–Kier alpha value is -2.10. The Morgan fingerprint density at radius 1 is 1.25 bits per heavy atom. The predicted molar refractivity (Wildman–Crippen MR) is 57.3 cm³/mol. The van der Waals surface area contributed by atoms with Crippen LogP contribution in [0.4, 0.5) is 0 Å². The monoisotopic (exact) mass is 218 g/mol. The molecule has 0 heterocycles. The molecule has 0 radical (unpaired) electrons. The van der Waals surface area contributed by atoms with Gasteiger partial charge in [-0.1, -0.05) is 0 Å². The second-order valence-electron chi connectivity index (χ2n) is 3.67. The fraction of sp³-hybridized carbons (Fsp3) is 0.167. The summed E-state index contributed by atoms with van der Waals surface area (Å²) in [5, 5.41) is 18.2. The number of aliphatic carboxylic acids is 1. The van der Waals surface area contributed by atoms with E-state index in [-0.39, 0.29) is 29.9 Å². The van der Waals surface area contributed by atoms with E-state index in [1.54, 1.807) is 0 Å². The van der Waals surface area contributed by atoms with E-state index in [0.29, 0.717) is 11.1 Å². The third-order valence-electron chi connectivity index (χ3n) is 2.56. The lowest BCUT2D eigenvalue weighted by atomic mass is 10.0. The smallest absolute Gasteiger partial charge is 0.331 e. The molecule has 0 aromatic heterocycles. The van der Waals surface area contributed by atoms with Crippen LogP contribution in [0, 0.1) is 0 Å². The van der Waals surface area contributed by atoms with Crippen LogP contribution in [0.1, 0.15) is 28.8 Å². The van der Waals surface area contributed by atoms with Crippen molar-refractivity contribution in [3.05, 3.63) is 34.9 Å². The second-order valence-corrected chi connectivity index (χ2v) is 3.67. The van der Waals surface area contributed by atoms with E-state index in [0.717, 1.165) is 0 Å². The SMILES string of the molecule is O=C(O)C1=Cc2cc(O)ccc2C(=O)CC1. The van der Waals surface area contributed by atoms with Crippen LogP contribution in [0.25, 0.3) is 6.08 Å². The van der Waals surface area contributed by atoms with Crippen molar-refractivity contribution in [3.63, 3.8) is 0 Å². The molecule has 16 heavy (non-hydrogen) atoms. The number of aromatic hydroxyl groups is 1. The highest BCUT2D eigenvalue weighted by molar-refractivity contribution is 6.04. The third kappa shape index (κ3) is 1.82. The summed E-state index contributed by atoms with van der Waals surface area (Å²) in [6.45, 7) is 0. The Morgan fingerprint density at radius 3 is 2.69 bits per heavy atom. The number of carbonyl (C=O) groups excluding carboxylic acids is 1. The fourth-order valence-electron chi connectivity index (χ4n) is 1.73. The van der Waals surface area contributed by atoms with E-state index in [1.165, 1.54) is 24.3 Å². The zero-order valence-corrected chi connectivity index (χ0v) is 8.43. The predicted octanol–water partition coefficient (Wildman–Crippen LogP) is 1.84. The molecular weight excluding hydrogens is 208 g/mol. The first kappa shape index (κ1) is 10.4. The Kier molecular flexibility index (Phi) is 2.48. The van der Waals surface area contributed by atoms with Crippen molar-refractivity contribution in [2.24, 2.45) is 0 Å². The fourth-order valence-corrected chi connectivity index (χ4v) is 1.73. The van der Waals surface area contributed by atoms with Gasteiger partial charge in [0.2, 0.25) is 0 Å². The van der Waals surface area contributed by atoms with Crippen molar-refractivity contribution < 1.29 is 19.8 Å². The molecule has 0 unspecified atom stereocenters. The summed E-state index contributed by atoms with van der Waals surface area (Å²) in [7, 11) is 0. The summed E-state index contributed by atoms with van der Waals surface area (Å²) >= 11 is 0. The van der Waals surface area contributed by atoms with Gasteiger partial charge in [-0.2, -0.15) is 0 Å². The van der Waals surface area contributed by atoms with Crippen LogP contribution in [0.5, 0.6) is 5.75 Å². The molecule has 0 spiro atoms. The van der Waals surface area contributed by atoms with Crippen molar-refractivity contribution in [2.45, 2.75) is 12.8 Å². The summed E-state index contributed by atoms with van der Waals surface area (Å²) in [4.78, 5) is 22.5. The van der Waals surface area contributed by atoms with Gasteiger partial charge in [0.05, 0.1) is 0 Å². The van der Waals surface area contributed by atoms with Crippen LogP contribution in [0.3, 0.4) is 0 Å². The summed E-state index contributed by atoms with van der Waals surface area (Å²) in [6.07, 6.45) is 1.86. The van der Waals surface area contributed by atoms with E-state index in [9.17, 15) is 14.7 Å². The van der Waals surface area contributed by atoms with Gasteiger partial charge >= 0.3 is 5.97 Å². The van der Waals surface area contributed by atoms with Crippen LogP contribution in [-0.4, -0.2) is 22.0 Å². The van der Waals surface area contributed by atoms with Gasteiger partial charge in [-0.3, -0.25) is 4.79 Å². The van der Waals surface area contributed by atoms with Crippen molar-refractivity contribution in [3.8, 4) is 5.75 Å². The zero-order valence-electron chi connectivity index (χ0n) is 8.43. The number of phenols is 1. The number of Topliss-reactive ketones (excluding diaryl/α,β-unsaturated/α-hetero) is 1. The lowest BCUT2D eigenvalue weighted by Crippen LogP contribution is -2.01. The minimum absolute atomic E-state index is 0.0226. The minimum Gasteiger partial charge on any atom is -0.508 e. The maximum atomic E-state index is 11.7. The minimum atomic E-state index is -1.02. The lowest BCUT2D eigenvalue weighted by molar-refractivity contribution is -0.132. The molecule has 0 atom stereocenters. The van der Waals surface area contributed by atoms with E-state index < -0.39 is 5.97 Å². The van der Waals surface area contributed by atoms with Gasteiger partial charge in [-0.25, -0.2) is 4.79 Å². The third-order valence-corrected chi connectivity index (χ3v) is 2.56. The normalized spacial score (nSPS) is 15.0. The van der Waals surface area contributed by atoms with Gasteiger partial charge in [0, 0.05) is 17.6 Å².